The molecule has 1 amide bonds. The first-order valence-electron chi connectivity index (χ1n) is 6.63. The average Bonchev–Trinajstić information content (AvgIpc) is 2.46. The molecule has 0 bridgehead atoms. The Morgan fingerprint density at radius 3 is 2.79 bits per heavy atom. The number of amides is 1. The molecular formula is C14H20N2O3. The maximum Gasteiger partial charge on any atom is 0.224 e. The number of hydrogen-bond acceptors (Lipinski definition) is 4. The van der Waals surface area contributed by atoms with E-state index in [1.807, 2.05) is 24.3 Å². The van der Waals surface area contributed by atoms with Crippen LogP contribution in [0.1, 0.15) is 12.8 Å². The van der Waals surface area contributed by atoms with Crippen LogP contribution in [0.2, 0.25) is 0 Å². The molecule has 104 valence electrons. The molecule has 1 fully saturated rings. The molecule has 19 heavy (non-hydrogen) atoms. The number of hydrogen-bond donors (Lipinski definition) is 2. The Morgan fingerprint density at radius 1 is 1.32 bits per heavy atom. The third-order valence-corrected chi connectivity index (χ3v) is 3.09. The van der Waals surface area contributed by atoms with E-state index >= 15 is 0 Å². The first kappa shape index (κ1) is 13.8. The minimum absolute atomic E-state index is 0.0402. The van der Waals surface area contributed by atoms with Crippen molar-refractivity contribution in [3.63, 3.8) is 0 Å². The lowest BCUT2D eigenvalue weighted by Gasteiger charge is -2.30. The number of para-hydroxylation sites is 2. The maximum absolute atomic E-state index is 11.7. The van der Waals surface area contributed by atoms with Crippen LogP contribution in [0.5, 0.6) is 0 Å². The molecule has 1 aliphatic rings. The van der Waals surface area contributed by atoms with Gasteiger partial charge in [0.05, 0.1) is 24.6 Å². The van der Waals surface area contributed by atoms with Gasteiger partial charge in [0.1, 0.15) is 0 Å². The van der Waals surface area contributed by atoms with Gasteiger partial charge in [0.2, 0.25) is 5.91 Å². The van der Waals surface area contributed by atoms with E-state index in [1.165, 1.54) is 0 Å². The van der Waals surface area contributed by atoms with E-state index in [0.29, 0.717) is 26.1 Å². The minimum atomic E-state index is -0.0604. The smallest absolute Gasteiger partial charge is 0.224 e. The largest absolute Gasteiger partial charge is 0.396 e. The Balaban J connectivity index is 2.05. The molecule has 0 aliphatic carbocycles. The minimum Gasteiger partial charge on any atom is -0.396 e. The van der Waals surface area contributed by atoms with Crippen LogP contribution in [-0.4, -0.2) is 43.9 Å². The van der Waals surface area contributed by atoms with Crippen molar-refractivity contribution in [2.24, 2.45) is 0 Å². The van der Waals surface area contributed by atoms with E-state index in [-0.39, 0.29) is 12.5 Å². The zero-order valence-corrected chi connectivity index (χ0v) is 11.0. The molecule has 1 heterocycles. The van der Waals surface area contributed by atoms with Gasteiger partial charge >= 0.3 is 0 Å². The number of rotatable bonds is 5. The third kappa shape index (κ3) is 3.94. The Labute approximate surface area is 113 Å². The van der Waals surface area contributed by atoms with Gasteiger partial charge in [0.25, 0.3) is 0 Å². The van der Waals surface area contributed by atoms with Crippen LogP contribution in [0.3, 0.4) is 0 Å². The molecule has 1 saturated heterocycles. The highest BCUT2D eigenvalue weighted by molar-refractivity contribution is 5.94. The summed E-state index contributed by atoms with van der Waals surface area (Å²) in [5, 5.41) is 11.6. The van der Waals surface area contributed by atoms with Crippen molar-refractivity contribution in [1.29, 1.82) is 0 Å². The number of aliphatic hydroxyl groups excluding tert-OH is 1. The topological polar surface area (TPSA) is 61.8 Å². The van der Waals surface area contributed by atoms with Crippen molar-refractivity contribution in [2.45, 2.75) is 12.8 Å². The summed E-state index contributed by atoms with van der Waals surface area (Å²) in [4.78, 5) is 14.0. The van der Waals surface area contributed by atoms with E-state index in [4.69, 9.17) is 9.84 Å². The fraction of sp³-hybridized carbons (Fsp3) is 0.500. The van der Waals surface area contributed by atoms with Gasteiger partial charge in [-0.15, -0.1) is 0 Å². The fourth-order valence-corrected chi connectivity index (χ4v) is 2.11. The molecule has 2 N–H and O–H groups in total. The summed E-state index contributed by atoms with van der Waals surface area (Å²) in [7, 11) is 0. The molecule has 1 aliphatic heterocycles. The van der Waals surface area contributed by atoms with Crippen molar-refractivity contribution >= 4 is 17.3 Å². The van der Waals surface area contributed by atoms with E-state index in [1.54, 1.807) is 0 Å². The van der Waals surface area contributed by atoms with Crippen molar-refractivity contribution in [1.82, 2.24) is 0 Å². The lowest BCUT2D eigenvalue weighted by atomic mass is 10.2. The second-order valence-electron chi connectivity index (χ2n) is 4.49. The van der Waals surface area contributed by atoms with Crippen LogP contribution in [0.15, 0.2) is 24.3 Å². The van der Waals surface area contributed by atoms with Gasteiger partial charge in [-0.2, -0.15) is 0 Å². The number of morpholine rings is 1. The van der Waals surface area contributed by atoms with Crippen LogP contribution >= 0.6 is 0 Å². The predicted molar refractivity (Wildman–Crippen MR) is 74.4 cm³/mol. The van der Waals surface area contributed by atoms with Crippen LogP contribution in [0.25, 0.3) is 0 Å². The summed E-state index contributed by atoms with van der Waals surface area (Å²) < 4.78 is 5.34. The summed E-state index contributed by atoms with van der Waals surface area (Å²) in [5.41, 5.74) is 1.86. The molecule has 5 nitrogen and oxygen atoms in total. The SMILES string of the molecule is O=C(CCCO)Nc1ccccc1N1CCOCC1. The number of anilines is 2. The molecule has 0 aromatic heterocycles. The molecule has 1 aromatic carbocycles. The number of carbonyl (C=O) groups is 1. The van der Waals surface area contributed by atoms with Crippen LogP contribution in [-0.2, 0) is 9.53 Å². The summed E-state index contributed by atoms with van der Waals surface area (Å²) in [5.74, 6) is -0.0604. The predicted octanol–water partition coefficient (Wildman–Crippen LogP) is 1.23. The highest BCUT2D eigenvalue weighted by atomic mass is 16.5. The molecule has 2 rings (SSSR count). The molecule has 0 saturated carbocycles. The van der Waals surface area contributed by atoms with E-state index in [9.17, 15) is 4.79 Å². The molecule has 5 heteroatoms. The zero-order valence-electron chi connectivity index (χ0n) is 11.0. The third-order valence-electron chi connectivity index (χ3n) is 3.09. The van der Waals surface area contributed by atoms with E-state index in [0.717, 1.165) is 24.5 Å². The molecule has 0 spiro atoms. The summed E-state index contributed by atoms with van der Waals surface area (Å²) in [6.07, 6.45) is 0.833. The van der Waals surface area contributed by atoms with Crippen molar-refractivity contribution in [2.75, 3.05) is 43.1 Å². The number of aliphatic hydroxyl groups is 1. The van der Waals surface area contributed by atoms with Gasteiger partial charge in [0, 0.05) is 26.1 Å². The Bertz CT molecular complexity index is 417. The van der Waals surface area contributed by atoms with Gasteiger partial charge in [-0.05, 0) is 18.6 Å². The first-order valence-corrected chi connectivity index (χ1v) is 6.63. The lowest BCUT2D eigenvalue weighted by molar-refractivity contribution is -0.116. The summed E-state index contributed by atoms with van der Waals surface area (Å²) >= 11 is 0. The number of carbonyl (C=O) groups excluding carboxylic acids is 1. The van der Waals surface area contributed by atoms with E-state index in [2.05, 4.69) is 10.2 Å². The van der Waals surface area contributed by atoms with Crippen LogP contribution < -0.4 is 10.2 Å². The molecule has 0 unspecified atom stereocenters. The number of ether oxygens (including phenoxy) is 1. The summed E-state index contributed by atoms with van der Waals surface area (Å²) in [6.45, 7) is 3.14. The Morgan fingerprint density at radius 2 is 2.05 bits per heavy atom. The second kappa shape index (κ2) is 7.11. The van der Waals surface area contributed by atoms with Crippen LogP contribution in [0.4, 0.5) is 11.4 Å². The van der Waals surface area contributed by atoms with Crippen molar-refractivity contribution in [3.8, 4) is 0 Å². The number of nitrogens with one attached hydrogen (secondary N) is 1. The fourth-order valence-electron chi connectivity index (χ4n) is 2.11. The highest BCUT2D eigenvalue weighted by Crippen LogP contribution is 2.26. The van der Waals surface area contributed by atoms with Crippen LogP contribution in [0, 0.1) is 0 Å². The van der Waals surface area contributed by atoms with Gasteiger partial charge in [-0.3, -0.25) is 4.79 Å². The standard InChI is InChI=1S/C14H20N2O3/c17-9-3-6-14(18)15-12-4-1-2-5-13(12)16-7-10-19-11-8-16/h1-2,4-5,17H,3,6-11H2,(H,15,18). The highest BCUT2D eigenvalue weighted by Gasteiger charge is 2.15. The molecule has 0 atom stereocenters. The normalized spacial score (nSPS) is 15.3. The molecule has 0 radical (unpaired) electrons. The Kier molecular flexibility index (Phi) is 5.18. The summed E-state index contributed by atoms with van der Waals surface area (Å²) in [6, 6.07) is 7.79. The van der Waals surface area contributed by atoms with Gasteiger partial charge in [-0.25, -0.2) is 0 Å². The average molecular weight is 264 g/mol. The maximum atomic E-state index is 11.7. The van der Waals surface area contributed by atoms with E-state index < -0.39 is 0 Å². The molecule has 1 aromatic rings. The van der Waals surface area contributed by atoms with Gasteiger partial charge in [0.15, 0.2) is 0 Å². The Hall–Kier alpha value is -1.59. The van der Waals surface area contributed by atoms with Crippen molar-refractivity contribution < 1.29 is 14.6 Å². The second-order valence-corrected chi connectivity index (χ2v) is 4.49. The zero-order chi connectivity index (χ0) is 13.5. The number of benzene rings is 1. The quantitative estimate of drug-likeness (QED) is 0.840. The monoisotopic (exact) mass is 264 g/mol. The lowest BCUT2D eigenvalue weighted by Crippen LogP contribution is -2.36. The number of nitrogens with zero attached hydrogens (tertiary/aromatic N) is 1. The first-order chi connectivity index (χ1) is 9.31. The molecular weight excluding hydrogens is 244 g/mol. The van der Waals surface area contributed by atoms with Crippen molar-refractivity contribution in [3.05, 3.63) is 24.3 Å². The van der Waals surface area contributed by atoms with Gasteiger partial charge < -0.3 is 20.1 Å². The van der Waals surface area contributed by atoms with Gasteiger partial charge in [-0.1, -0.05) is 12.1 Å².